The standard InChI is InChI=1S/C12H8BrFN2O4/c1-20-11(18)10(16-9(17)5-15-12(16)19)6-2-3-7(13)8(14)4-6/h2-5,10H,1H3. The Labute approximate surface area is 121 Å². The SMILES string of the molecule is COC(=O)C(c1ccc(Br)c(F)c1)N1C(=O)C=NC1=O. The molecule has 0 saturated heterocycles. The molecule has 1 atom stereocenters. The van der Waals surface area contributed by atoms with E-state index in [1.54, 1.807) is 0 Å². The largest absolute Gasteiger partial charge is 0.467 e. The highest BCUT2D eigenvalue weighted by molar-refractivity contribution is 9.10. The van der Waals surface area contributed by atoms with E-state index in [9.17, 15) is 18.8 Å². The Bertz CT molecular complexity index is 614. The van der Waals surface area contributed by atoms with Crippen LogP contribution in [0.3, 0.4) is 0 Å². The van der Waals surface area contributed by atoms with E-state index in [0.717, 1.165) is 19.4 Å². The molecule has 0 fully saturated rings. The fourth-order valence-electron chi connectivity index (χ4n) is 1.75. The van der Waals surface area contributed by atoms with Crippen molar-refractivity contribution >= 4 is 40.1 Å². The average molecular weight is 343 g/mol. The summed E-state index contributed by atoms with van der Waals surface area (Å²) in [6.07, 6.45) is 0.799. The summed E-state index contributed by atoms with van der Waals surface area (Å²) < 4.78 is 18.3. The van der Waals surface area contributed by atoms with Gasteiger partial charge in [0.25, 0.3) is 5.91 Å². The van der Waals surface area contributed by atoms with Crippen LogP contribution in [0.25, 0.3) is 0 Å². The maximum Gasteiger partial charge on any atom is 0.351 e. The van der Waals surface area contributed by atoms with Gasteiger partial charge in [0.2, 0.25) is 0 Å². The van der Waals surface area contributed by atoms with Gasteiger partial charge in [-0.3, -0.25) is 4.79 Å². The van der Waals surface area contributed by atoms with Gasteiger partial charge >= 0.3 is 12.0 Å². The molecule has 0 bridgehead atoms. The first-order valence-electron chi connectivity index (χ1n) is 5.39. The molecule has 0 spiro atoms. The van der Waals surface area contributed by atoms with Crippen LogP contribution in [-0.4, -0.2) is 36.1 Å². The summed E-state index contributed by atoms with van der Waals surface area (Å²) >= 11 is 2.98. The second-order valence-electron chi connectivity index (χ2n) is 3.85. The number of urea groups is 1. The van der Waals surface area contributed by atoms with Crippen LogP contribution in [0, 0.1) is 5.82 Å². The summed E-state index contributed by atoms with van der Waals surface area (Å²) in [6.45, 7) is 0. The molecule has 1 aliphatic heterocycles. The third-order valence-electron chi connectivity index (χ3n) is 2.67. The number of benzene rings is 1. The number of carbonyl (C=O) groups is 3. The fraction of sp³-hybridized carbons (Fsp3) is 0.167. The molecule has 0 aromatic heterocycles. The van der Waals surface area contributed by atoms with Crippen molar-refractivity contribution in [1.29, 1.82) is 0 Å². The molecule has 1 aromatic carbocycles. The highest BCUT2D eigenvalue weighted by Crippen LogP contribution is 2.27. The summed E-state index contributed by atoms with van der Waals surface area (Å²) in [6, 6.07) is 1.56. The number of esters is 1. The summed E-state index contributed by atoms with van der Waals surface area (Å²) in [5, 5.41) is 0. The molecule has 6 nitrogen and oxygen atoms in total. The monoisotopic (exact) mass is 342 g/mol. The Morgan fingerprint density at radius 2 is 2.15 bits per heavy atom. The Hall–Kier alpha value is -2.09. The first-order valence-corrected chi connectivity index (χ1v) is 6.19. The molecule has 0 radical (unpaired) electrons. The van der Waals surface area contributed by atoms with E-state index in [0.29, 0.717) is 4.90 Å². The number of rotatable bonds is 3. The number of nitrogens with zero attached hydrogens (tertiary/aromatic N) is 2. The van der Waals surface area contributed by atoms with E-state index in [2.05, 4.69) is 25.7 Å². The number of hydrogen-bond donors (Lipinski definition) is 0. The van der Waals surface area contributed by atoms with Gasteiger partial charge in [-0.25, -0.2) is 18.9 Å². The third-order valence-corrected chi connectivity index (χ3v) is 3.31. The van der Waals surface area contributed by atoms with Crippen molar-refractivity contribution < 1.29 is 23.5 Å². The number of methoxy groups -OCH3 is 1. The number of halogens is 2. The number of carbonyl (C=O) groups excluding carboxylic acids is 3. The van der Waals surface area contributed by atoms with Crippen LogP contribution in [0.1, 0.15) is 11.6 Å². The van der Waals surface area contributed by atoms with Crippen molar-refractivity contribution in [2.24, 2.45) is 4.99 Å². The van der Waals surface area contributed by atoms with E-state index in [4.69, 9.17) is 0 Å². The summed E-state index contributed by atoms with van der Waals surface area (Å²) in [4.78, 5) is 38.9. The molecule has 1 unspecified atom stereocenters. The quantitative estimate of drug-likeness (QED) is 0.785. The summed E-state index contributed by atoms with van der Waals surface area (Å²) in [5.41, 5.74) is 0.116. The van der Waals surface area contributed by atoms with E-state index in [1.165, 1.54) is 12.1 Å². The third kappa shape index (κ3) is 2.46. The molecule has 104 valence electrons. The number of amides is 3. The van der Waals surface area contributed by atoms with Gasteiger partial charge in [0.15, 0.2) is 6.04 Å². The lowest BCUT2D eigenvalue weighted by Crippen LogP contribution is -2.39. The minimum atomic E-state index is -1.37. The lowest BCUT2D eigenvalue weighted by Gasteiger charge is -2.23. The van der Waals surface area contributed by atoms with Crippen molar-refractivity contribution in [3.05, 3.63) is 34.1 Å². The van der Waals surface area contributed by atoms with Gasteiger partial charge in [-0.1, -0.05) is 6.07 Å². The Morgan fingerprint density at radius 1 is 1.45 bits per heavy atom. The van der Waals surface area contributed by atoms with E-state index in [-0.39, 0.29) is 10.0 Å². The minimum Gasteiger partial charge on any atom is -0.467 e. The highest BCUT2D eigenvalue weighted by atomic mass is 79.9. The normalized spacial score (nSPS) is 15.7. The lowest BCUT2D eigenvalue weighted by molar-refractivity contribution is -0.148. The van der Waals surface area contributed by atoms with Gasteiger partial charge in [0.1, 0.15) is 5.82 Å². The average Bonchev–Trinajstić information content (AvgIpc) is 2.74. The lowest BCUT2D eigenvalue weighted by atomic mass is 10.1. The van der Waals surface area contributed by atoms with Gasteiger partial charge in [0.05, 0.1) is 17.8 Å². The molecule has 1 heterocycles. The molecular weight excluding hydrogens is 335 g/mol. The van der Waals surface area contributed by atoms with Crippen LogP contribution in [0.2, 0.25) is 0 Å². The van der Waals surface area contributed by atoms with Gasteiger partial charge in [-0.15, -0.1) is 0 Å². The first-order chi connectivity index (χ1) is 9.45. The Kier molecular flexibility index (Phi) is 3.93. The first kappa shape index (κ1) is 14.3. The molecular formula is C12H8BrFN2O4. The van der Waals surface area contributed by atoms with Gasteiger partial charge in [-0.05, 0) is 33.6 Å². The van der Waals surface area contributed by atoms with E-state index < -0.39 is 29.8 Å². The van der Waals surface area contributed by atoms with Crippen LogP contribution in [0.15, 0.2) is 27.7 Å². The zero-order chi connectivity index (χ0) is 14.9. The molecule has 1 aromatic rings. The smallest absolute Gasteiger partial charge is 0.351 e. The number of imide groups is 1. The van der Waals surface area contributed by atoms with Crippen LogP contribution >= 0.6 is 15.9 Å². The Balaban J connectivity index is 2.48. The predicted octanol–water partition coefficient (Wildman–Crippen LogP) is 1.84. The maximum atomic E-state index is 13.6. The number of hydrogen-bond acceptors (Lipinski definition) is 4. The zero-order valence-corrected chi connectivity index (χ0v) is 11.8. The molecule has 3 amide bonds. The highest BCUT2D eigenvalue weighted by Gasteiger charge is 2.39. The van der Waals surface area contributed by atoms with Crippen LogP contribution in [0.5, 0.6) is 0 Å². The van der Waals surface area contributed by atoms with Gasteiger partial charge in [0, 0.05) is 0 Å². The second-order valence-corrected chi connectivity index (χ2v) is 4.70. The predicted molar refractivity (Wildman–Crippen MR) is 69.6 cm³/mol. The van der Waals surface area contributed by atoms with E-state index in [1.807, 2.05) is 0 Å². The van der Waals surface area contributed by atoms with Gasteiger partial charge in [-0.2, -0.15) is 4.99 Å². The molecule has 20 heavy (non-hydrogen) atoms. The summed E-state index contributed by atoms with van der Waals surface area (Å²) in [7, 11) is 1.11. The van der Waals surface area contributed by atoms with Crippen molar-refractivity contribution in [3.8, 4) is 0 Å². The van der Waals surface area contributed by atoms with Crippen molar-refractivity contribution in [2.45, 2.75) is 6.04 Å². The fourth-order valence-corrected chi connectivity index (χ4v) is 2.00. The van der Waals surface area contributed by atoms with Gasteiger partial charge < -0.3 is 4.74 Å². The topological polar surface area (TPSA) is 76.0 Å². The molecule has 8 heteroatoms. The van der Waals surface area contributed by atoms with Crippen LogP contribution < -0.4 is 0 Å². The van der Waals surface area contributed by atoms with Crippen LogP contribution in [-0.2, 0) is 14.3 Å². The number of aliphatic imine (C=N–C) groups is 1. The second kappa shape index (κ2) is 5.49. The van der Waals surface area contributed by atoms with Crippen LogP contribution in [0.4, 0.5) is 9.18 Å². The van der Waals surface area contributed by atoms with Crippen molar-refractivity contribution in [3.63, 3.8) is 0 Å². The number of ether oxygens (including phenoxy) is 1. The maximum absolute atomic E-state index is 13.6. The minimum absolute atomic E-state index is 0.116. The molecule has 0 saturated carbocycles. The molecule has 2 rings (SSSR count). The van der Waals surface area contributed by atoms with E-state index >= 15 is 0 Å². The zero-order valence-electron chi connectivity index (χ0n) is 10.2. The molecule has 1 aliphatic rings. The molecule has 0 N–H and O–H groups in total. The van der Waals surface area contributed by atoms with Crippen molar-refractivity contribution in [1.82, 2.24) is 4.90 Å². The Morgan fingerprint density at radius 3 is 2.65 bits per heavy atom. The molecule has 0 aliphatic carbocycles. The summed E-state index contributed by atoms with van der Waals surface area (Å²) in [5.74, 6) is -2.25. The van der Waals surface area contributed by atoms with Crippen molar-refractivity contribution in [2.75, 3.05) is 7.11 Å².